The topological polar surface area (TPSA) is 101 Å². The molecule has 0 aromatic carbocycles. The van der Waals surface area contributed by atoms with Gasteiger partial charge in [0.2, 0.25) is 0 Å². The van der Waals surface area contributed by atoms with Gasteiger partial charge in [-0.25, -0.2) is 9.97 Å². The smallest absolute Gasteiger partial charge is 0.164 e. The second-order valence-corrected chi connectivity index (χ2v) is 6.05. The maximum atomic E-state index is 10.1. The Labute approximate surface area is 125 Å². The van der Waals surface area contributed by atoms with Crippen molar-refractivity contribution in [1.29, 1.82) is 0 Å². The van der Waals surface area contributed by atoms with Gasteiger partial charge < -0.3 is 24.6 Å². The van der Waals surface area contributed by atoms with Crippen LogP contribution in [0.4, 0.5) is 0 Å². The maximum absolute atomic E-state index is 10.1. The van der Waals surface area contributed by atoms with Gasteiger partial charge in [-0.15, -0.1) is 11.8 Å². The second-order valence-electron chi connectivity index (χ2n) is 4.80. The largest absolute Gasteiger partial charge is 0.394 e. The van der Waals surface area contributed by atoms with E-state index in [0.29, 0.717) is 5.65 Å². The van der Waals surface area contributed by atoms with Crippen molar-refractivity contribution < 1.29 is 20.1 Å². The van der Waals surface area contributed by atoms with Crippen molar-refractivity contribution in [3.63, 3.8) is 0 Å². The van der Waals surface area contributed by atoms with Crippen molar-refractivity contribution in [2.24, 2.45) is 0 Å². The number of hydrogen-bond donors (Lipinski definition) is 3. The Balaban J connectivity index is 2.00. The van der Waals surface area contributed by atoms with Crippen LogP contribution in [0.15, 0.2) is 23.6 Å². The zero-order valence-electron chi connectivity index (χ0n) is 11.5. The van der Waals surface area contributed by atoms with Gasteiger partial charge in [-0.3, -0.25) is 0 Å². The zero-order chi connectivity index (χ0) is 15.0. The van der Waals surface area contributed by atoms with E-state index >= 15 is 0 Å². The van der Waals surface area contributed by atoms with E-state index in [9.17, 15) is 10.2 Å². The Hall–Kier alpha value is -1.19. The molecule has 0 radical (unpaired) electrons. The van der Waals surface area contributed by atoms with E-state index < -0.39 is 24.5 Å². The van der Waals surface area contributed by atoms with Gasteiger partial charge in [0.15, 0.2) is 6.23 Å². The van der Waals surface area contributed by atoms with E-state index in [-0.39, 0.29) is 6.61 Å². The van der Waals surface area contributed by atoms with Gasteiger partial charge in [0.1, 0.15) is 35.3 Å². The predicted octanol–water partition coefficient (Wildman–Crippen LogP) is 0.155. The van der Waals surface area contributed by atoms with E-state index in [2.05, 4.69) is 9.97 Å². The third-order valence-corrected chi connectivity index (χ3v) is 4.43. The van der Waals surface area contributed by atoms with E-state index in [1.807, 2.05) is 13.0 Å². The first kappa shape index (κ1) is 14.7. The molecule has 0 saturated carbocycles. The van der Waals surface area contributed by atoms with E-state index in [1.165, 1.54) is 6.33 Å². The summed E-state index contributed by atoms with van der Waals surface area (Å²) in [5.41, 5.74) is 0.635. The number of hydrogen-bond acceptors (Lipinski definition) is 7. The number of rotatable bonds is 4. The van der Waals surface area contributed by atoms with Gasteiger partial charge in [-0.05, 0) is 11.8 Å². The third kappa shape index (κ3) is 2.43. The van der Waals surface area contributed by atoms with Gasteiger partial charge in [0, 0.05) is 6.20 Å². The molecule has 8 heteroatoms. The SMILES string of the molecule is CCSc1ncnc2c1ccn2[C@@H]1O[C@H](CO)[C@@H](O)[C@H]1O. The number of fused-ring (bicyclic) bond motifs is 1. The van der Waals surface area contributed by atoms with Crippen molar-refractivity contribution in [3.05, 3.63) is 18.6 Å². The minimum absolute atomic E-state index is 0.347. The highest BCUT2D eigenvalue weighted by Gasteiger charge is 2.43. The lowest BCUT2D eigenvalue weighted by Gasteiger charge is -2.17. The molecule has 0 aliphatic carbocycles. The molecule has 3 heterocycles. The van der Waals surface area contributed by atoms with Crippen LogP contribution in [0.1, 0.15) is 13.2 Å². The molecular weight excluding hydrogens is 294 g/mol. The van der Waals surface area contributed by atoms with Crippen LogP contribution < -0.4 is 0 Å². The fourth-order valence-corrected chi connectivity index (χ4v) is 3.22. The minimum atomic E-state index is -1.12. The molecule has 0 bridgehead atoms. The van der Waals surface area contributed by atoms with Crippen molar-refractivity contribution in [1.82, 2.24) is 14.5 Å². The number of aromatic nitrogens is 3. The summed E-state index contributed by atoms with van der Waals surface area (Å²) < 4.78 is 7.20. The Morgan fingerprint density at radius 2 is 2.14 bits per heavy atom. The van der Waals surface area contributed by atoms with E-state index in [0.717, 1.165) is 16.2 Å². The lowest BCUT2D eigenvalue weighted by Crippen LogP contribution is -2.33. The van der Waals surface area contributed by atoms with Gasteiger partial charge in [-0.1, -0.05) is 6.92 Å². The molecule has 0 amide bonds. The third-order valence-electron chi connectivity index (χ3n) is 3.55. The van der Waals surface area contributed by atoms with Gasteiger partial charge >= 0.3 is 0 Å². The van der Waals surface area contributed by atoms with E-state index in [1.54, 1.807) is 22.5 Å². The molecule has 7 nitrogen and oxygen atoms in total. The average molecular weight is 311 g/mol. The molecule has 1 aliphatic heterocycles. The van der Waals surface area contributed by atoms with Crippen molar-refractivity contribution in [2.45, 2.75) is 36.5 Å². The molecule has 0 unspecified atom stereocenters. The summed E-state index contributed by atoms with van der Waals surface area (Å²) in [6.07, 6.45) is -0.589. The highest BCUT2D eigenvalue weighted by molar-refractivity contribution is 7.99. The number of nitrogens with zero attached hydrogens (tertiary/aromatic N) is 3. The fourth-order valence-electron chi connectivity index (χ4n) is 2.51. The van der Waals surface area contributed by atoms with Crippen LogP contribution in [0.5, 0.6) is 0 Å². The molecule has 1 fully saturated rings. The molecule has 4 atom stereocenters. The van der Waals surface area contributed by atoms with Crippen molar-refractivity contribution >= 4 is 22.8 Å². The molecule has 0 spiro atoms. The number of ether oxygens (including phenoxy) is 1. The monoisotopic (exact) mass is 311 g/mol. The fraction of sp³-hybridized carbons (Fsp3) is 0.538. The van der Waals surface area contributed by atoms with Gasteiger partial charge in [0.25, 0.3) is 0 Å². The first-order valence-corrected chi connectivity index (χ1v) is 7.72. The quantitative estimate of drug-likeness (QED) is 0.546. The van der Waals surface area contributed by atoms with Crippen LogP contribution in [-0.4, -0.2) is 60.5 Å². The van der Waals surface area contributed by atoms with Crippen LogP contribution in [0.2, 0.25) is 0 Å². The predicted molar refractivity (Wildman–Crippen MR) is 76.9 cm³/mol. The summed E-state index contributed by atoms with van der Waals surface area (Å²) in [5.74, 6) is 0.894. The molecule has 1 saturated heterocycles. The Bertz CT molecular complexity index is 635. The van der Waals surface area contributed by atoms with Crippen LogP contribution in [0.25, 0.3) is 11.0 Å². The van der Waals surface area contributed by atoms with Crippen LogP contribution in [0, 0.1) is 0 Å². The Morgan fingerprint density at radius 3 is 2.81 bits per heavy atom. The van der Waals surface area contributed by atoms with E-state index in [4.69, 9.17) is 9.84 Å². The Morgan fingerprint density at radius 1 is 1.33 bits per heavy atom. The standard InChI is InChI=1S/C13H17N3O4S/c1-2-21-12-7-3-4-16(11(7)14-6-15-12)13-10(19)9(18)8(5-17)20-13/h3-4,6,8-10,13,17-19H,2,5H2,1H3/t8-,9-,10-,13-/m1/s1. The molecule has 2 aromatic rings. The van der Waals surface area contributed by atoms with Crippen molar-refractivity contribution in [2.75, 3.05) is 12.4 Å². The molecule has 1 aliphatic rings. The summed E-state index contributed by atoms with van der Waals surface area (Å²) in [6.45, 7) is 1.70. The molecule has 2 aromatic heterocycles. The van der Waals surface area contributed by atoms with Crippen LogP contribution >= 0.6 is 11.8 Å². The van der Waals surface area contributed by atoms with Crippen LogP contribution in [-0.2, 0) is 4.74 Å². The normalized spacial score (nSPS) is 29.3. The first-order valence-electron chi connectivity index (χ1n) is 6.74. The number of aliphatic hydroxyl groups is 3. The average Bonchev–Trinajstić information content (AvgIpc) is 3.03. The maximum Gasteiger partial charge on any atom is 0.164 e. The van der Waals surface area contributed by atoms with Gasteiger partial charge in [-0.2, -0.15) is 0 Å². The summed E-state index contributed by atoms with van der Waals surface area (Å²) in [6, 6.07) is 1.86. The highest BCUT2D eigenvalue weighted by atomic mass is 32.2. The number of aliphatic hydroxyl groups excluding tert-OH is 3. The summed E-state index contributed by atoms with van der Waals surface area (Å²) in [7, 11) is 0. The van der Waals surface area contributed by atoms with Gasteiger partial charge in [0.05, 0.1) is 12.0 Å². The zero-order valence-corrected chi connectivity index (χ0v) is 12.3. The molecule has 3 rings (SSSR count). The number of thioether (sulfide) groups is 1. The Kier molecular flexibility index (Phi) is 4.14. The highest BCUT2D eigenvalue weighted by Crippen LogP contribution is 2.33. The molecule has 3 N–H and O–H groups in total. The first-order chi connectivity index (χ1) is 10.2. The van der Waals surface area contributed by atoms with Crippen LogP contribution in [0.3, 0.4) is 0 Å². The molecule has 114 valence electrons. The summed E-state index contributed by atoms with van der Waals surface area (Å²) in [4.78, 5) is 8.49. The lowest BCUT2D eigenvalue weighted by atomic mass is 10.1. The molecule has 21 heavy (non-hydrogen) atoms. The summed E-state index contributed by atoms with van der Waals surface area (Å²) in [5, 5.41) is 30.9. The molecular formula is C13H17N3O4S. The summed E-state index contributed by atoms with van der Waals surface area (Å²) >= 11 is 1.61. The van der Waals surface area contributed by atoms with Crippen molar-refractivity contribution in [3.8, 4) is 0 Å². The minimum Gasteiger partial charge on any atom is -0.394 e. The lowest BCUT2D eigenvalue weighted by molar-refractivity contribution is -0.0508. The second kappa shape index (κ2) is 5.90.